The molecule has 1 heterocycles. The summed E-state index contributed by atoms with van der Waals surface area (Å²) in [5.74, 6) is -0.322. The Morgan fingerprint density at radius 2 is 1.74 bits per heavy atom. The summed E-state index contributed by atoms with van der Waals surface area (Å²) in [7, 11) is -3.74. The van der Waals surface area contributed by atoms with E-state index in [0.29, 0.717) is 17.3 Å². The molecule has 4 rings (SSSR count). The number of fused-ring (bicyclic) bond motifs is 2. The first-order valence-electron chi connectivity index (χ1n) is 9.48. The molecule has 0 saturated carbocycles. The highest BCUT2D eigenvalue weighted by atomic mass is 32.2. The molecule has 0 aliphatic rings. The number of benzene rings is 3. The fourth-order valence-electron chi connectivity index (χ4n) is 3.61. The van der Waals surface area contributed by atoms with Crippen LogP contribution in [0.1, 0.15) is 11.3 Å². The van der Waals surface area contributed by atoms with Crippen molar-refractivity contribution in [3.8, 4) is 5.75 Å². The standard InChI is InChI=1S/C22H19F3N2O3S/c1-14-19(20-13-17(30-22(23,24)25)7-9-21(20)27-14)10-11-26-31(28,29)18-8-6-15-4-2-3-5-16(15)12-18/h2-9,12-13,26-27H,10-11H2,1H3. The van der Waals surface area contributed by atoms with Crippen molar-refractivity contribution in [2.75, 3.05) is 6.54 Å². The fourth-order valence-corrected chi connectivity index (χ4v) is 4.68. The Morgan fingerprint density at radius 1 is 1.00 bits per heavy atom. The molecule has 162 valence electrons. The number of H-pyrrole nitrogens is 1. The number of aromatic amines is 1. The molecule has 1 aromatic heterocycles. The SMILES string of the molecule is Cc1[nH]c2ccc(OC(F)(F)F)cc2c1CCNS(=O)(=O)c1ccc2ccccc2c1. The zero-order chi connectivity index (χ0) is 22.2. The molecular formula is C22H19F3N2O3S. The van der Waals surface area contributed by atoms with E-state index in [0.717, 1.165) is 22.0 Å². The van der Waals surface area contributed by atoms with Gasteiger partial charge in [-0.1, -0.05) is 30.3 Å². The van der Waals surface area contributed by atoms with Crippen molar-refractivity contribution < 1.29 is 26.3 Å². The second kappa shape index (κ2) is 7.90. The first-order chi connectivity index (χ1) is 14.6. The fraction of sp³-hybridized carbons (Fsp3) is 0.182. The van der Waals surface area contributed by atoms with E-state index in [-0.39, 0.29) is 17.2 Å². The Hall–Kier alpha value is -3.04. The number of aryl methyl sites for hydroxylation is 1. The van der Waals surface area contributed by atoms with Crippen molar-refractivity contribution in [2.24, 2.45) is 0 Å². The first kappa shape index (κ1) is 21.2. The van der Waals surface area contributed by atoms with E-state index in [1.807, 2.05) is 24.3 Å². The molecule has 0 radical (unpaired) electrons. The second-order valence-corrected chi connectivity index (χ2v) is 8.91. The maximum atomic E-state index is 12.7. The van der Waals surface area contributed by atoms with Crippen LogP contribution >= 0.6 is 0 Å². The summed E-state index contributed by atoms with van der Waals surface area (Å²) in [6, 6.07) is 16.4. The number of aromatic nitrogens is 1. The quantitative estimate of drug-likeness (QED) is 0.434. The predicted octanol–water partition coefficient (Wildman–Crippen LogP) is 5.05. The van der Waals surface area contributed by atoms with Gasteiger partial charge in [-0.05, 0) is 60.0 Å². The Kier molecular flexibility index (Phi) is 5.40. The van der Waals surface area contributed by atoms with Crippen LogP contribution in [0.4, 0.5) is 13.2 Å². The molecule has 0 spiro atoms. The molecule has 0 unspecified atom stereocenters. The molecule has 0 saturated heterocycles. The number of halogens is 3. The Balaban J connectivity index is 1.53. The average Bonchev–Trinajstić information content (AvgIpc) is 3.01. The van der Waals surface area contributed by atoms with E-state index in [1.54, 1.807) is 25.1 Å². The number of hydrogen-bond donors (Lipinski definition) is 2. The van der Waals surface area contributed by atoms with Gasteiger partial charge < -0.3 is 9.72 Å². The topological polar surface area (TPSA) is 71.2 Å². The van der Waals surface area contributed by atoms with Crippen LogP contribution in [0.25, 0.3) is 21.7 Å². The van der Waals surface area contributed by atoms with Crippen molar-refractivity contribution in [1.29, 1.82) is 0 Å². The number of nitrogens with one attached hydrogen (secondary N) is 2. The number of sulfonamides is 1. The molecule has 0 amide bonds. The zero-order valence-corrected chi connectivity index (χ0v) is 17.3. The normalized spacial score (nSPS) is 12.5. The highest BCUT2D eigenvalue weighted by Crippen LogP contribution is 2.30. The molecule has 4 aromatic rings. The Labute approximate surface area is 176 Å². The van der Waals surface area contributed by atoms with Crippen molar-refractivity contribution in [3.05, 3.63) is 71.9 Å². The third kappa shape index (κ3) is 4.67. The van der Waals surface area contributed by atoms with Gasteiger partial charge in [0.1, 0.15) is 5.75 Å². The maximum Gasteiger partial charge on any atom is 0.573 e. The average molecular weight is 448 g/mol. The van der Waals surface area contributed by atoms with Crippen LogP contribution in [0.15, 0.2) is 65.6 Å². The van der Waals surface area contributed by atoms with Gasteiger partial charge in [0.25, 0.3) is 0 Å². The Bertz CT molecular complexity index is 1360. The van der Waals surface area contributed by atoms with Crippen LogP contribution in [0, 0.1) is 6.92 Å². The van der Waals surface area contributed by atoms with Crippen LogP contribution < -0.4 is 9.46 Å². The maximum absolute atomic E-state index is 12.7. The summed E-state index contributed by atoms with van der Waals surface area (Å²) in [5, 5.41) is 2.31. The lowest BCUT2D eigenvalue weighted by molar-refractivity contribution is -0.274. The predicted molar refractivity (Wildman–Crippen MR) is 113 cm³/mol. The lowest BCUT2D eigenvalue weighted by Crippen LogP contribution is -2.26. The van der Waals surface area contributed by atoms with E-state index in [1.165, 1.54) is 18.2 Å². The van der Waals surface area contributed by atoms with Gasteiger partial charge in [-0.2, -0.15) is 0 Å². The van der Waals surface area contributed by atoms with Crippen LogP contribution in [0.5, 0.6) is 5.75 Å². The van der Waals surface area contributed by atoms with Gasteiger partial charge in [0.05, 0.1) is 4.90 Å². The smallest absolute Gasteiger partial charge is 0.406 e. The lowest BCUT2D eigenvalue weighted by atomic mass is 10.1. The molecule has 2 N–H and O–H groups in total. The van der Waals surface area contributed by atoms with Crippen LogP contribution in [-0.4, -0.2) is 26.3 Å². The molecular weight excluding hydrogens is 429 g/mol. The molecule has 0 atom stereocenters. The highest BCUT2D eigenvalue weighted by molar-refractivity contribution is 7.89. The van der Waals surface area contributed by atoms with E-state index >= 15 is 0 Å². The molecule has 0 fully saturated rings. The second-order valence-electron chi connectivity index (χ2n) is 7.14. The van der Waals surface area contributed by atoms with Crippen LogP contribution in [-0.2, 0) is 16.4 Å². The minimum absolute atomic E-state index is 0.0906. The van der Waals surface area contributed by atoms with Crippen LogP contribution in [0.2, 0.25) is 0 Å². The van der Waals surface area contributed by atoms with Gasteiger partial charge in [0, 0.05) is 23.1 Å². The van der Waals surface area contributed by atoms with Gasteiger partial charge in [-0.25, -0.2) is 13.1 Å². The minimum Gasteiger partial charge on any atom is -0.406 e. The monoisotopic (exact) mass is 448 g/mol. The van der Waals surface area contributed by atoms with Crippen molar-refractivity contribution in [2.45, 2.75) is 24.6 Å². The number of alkyl halides is 3. The third-order valence-electron chi connectivity index (χ3n) is 5.02. The summed E-state index contributed by atoms with van der Waals surface area (Å²) in [5.41, 5.74) is 2.13. The third-order valence-corrected chi connectivity index (χ3v) is 6.48. The van der Waals surface area contributed by atoms with E-state index in [2.05, 4.69) is 14.4 Å². The van der Waals surface area contributed by atoms with Gasteiger partial charge >= 0.3 is 6.36 Å². The molecule has 5 nitrogen and oxygen atoms in total. The first-order valence-corrected chi connectivity index (χ1v) is 11.0. The van der Waals surface area contributed by atoms with Crippen molar-refractivity contribution >= 4 is 31.7 Å². The zero-order valence-electron chi connectivity index (χ0n) is 16.5. The van der Waals surface area contributed by atoms with E-state index in [9.17, 15) is 21.6 Å². The Morgan fingerprint density at radius 3 is 2.48 bits per heavy atom. The number of rotatable bonds is 6. The number of ether oxygens (including phenoxy) is 1. The van der Waals surface area contributed by atoms with Gasteiger partial charge in [-0.3, -0.25) is 0 Å². The summed E-state index contributed by atoms with van der Waals surface area (Å²) >= 11 is 0. The van der Waals surface area contributed by atoms with Gasteiger partial charge in [-0.15, -0.1) is 13.2 Å². The van der Waals surface area contributed by atoms with E-state index in [4.69, 9.17) is 0 Å². The van der Waals surface area contributed by atoms with Gasteiger partial charge in [0.2, 0.25) is 10.0 Å². The molecule has 3 aromatic carbocycles. The summed E-state index contributed by atoms with van der Waals surface area (Å²) in [6.45, 7) is 1.88. The summed E-state index contributed by atoms with van der Waals surface area (Å²) in [6.07, 6.45) is -4.48. The van der Waals surface area contributed by atoms with Gasteiger partial charge in [0.15, 0.2) is 0 Å². The minimum atomic E-state index is -4.78. The van der Waals surface area contributed by atoms with Crippen LogP contribution in [0.3, 0.4) is 0 Å². The molecule has 31 heavy (non-hydrogen) atoms. The summed E-state index contributed by atoms with van der Waals surface area (Å²) < 4.78 is 69.6. The lowest BCUT2D eigenvalue weighted by Gasteiger charge is -2.10. The van der Waals surface area contributed by atoms with Crippen molar-refractivity contribution in [1.82, 2.24) is 9.71 Å². The molecule has 0 bridgehead atoms. The largest absolute Gasteiger partial charge is 0.573 e. The molecule has 0 aliphatic carbocycles. The van der Waals surface area contributed by atoms with E-state index < -0.39 is 16.4 Å². The summed E-state index contributed by atoms with van der Waals surface area (Å²) in [4.78, 5) is 3.26. The number of hydrogen-bond acceptors (Lipinski definition) is 3. The molecule has 9 heteroatoms. The van der Waals surface area contributed by atoms with Crippen molar-refractivity contribution in [3.63, 3.8) is 0 Å². The highest BCUT2D eigenvalue weighted by Gasteiger charge is 2.31. The molecule has 0 aliphatic heterocycles.